The number of carboxylic acid groups (broad SMARTS) is 1. The van der Waals surface area contributed by atoms with Gasteiger partial charge in [-0.1, -0.05) is 0 Å². The van der Waals surface area contributed by atoms with Crippen LogP contribution in [0.1, 0.15) is 28.5 Å². The van der Waals surface area contributed by atoms with Gasteiger partial charge >= 0.3 is 5.97 Å². The quantitative estimate of drug-likeness (QED) is 0.669. The van der Waals surface area contributed by atoms with Crippen LogP contribution in [-0.2, 0) is 0 Å². The summed E-state index contributed by atoms with van der Waals surface area (Å²) < 4.78 is 13.1. The van der Waals surface area contributed by atoms with Crippen LogP contribution in [0.25, 0.3) is 0 Å². The van der Waals surface area contributed by atoms with Crippen molar-refractivity contribution in [1.82, 2.24) is 4.98 Å². The fourth-order valence-electron chi connectivity index (χ4n) is 1.12. The molecule has 0 saturated carbocycles. The Labute approximate surface area is 85.4 Å². The van der Waals surface area contributed by atoms with Gasteiger partial charge in [0.2, 0.25) is 0 Å². The normalized spacial score (nSPS) is 12.5. The second-order valence-corrected chi connectivity index (χ2v) is 3.02. The van der Waals surface area contributed by atoms with Gasteiger partial charge in [0.15, 0.2) is 11.5 Å². The Morgan fingerprint density at radius 1 is 1.67 bits per heavy atom. The zero-order valence-corrected chi connectivity index (χ0v) is 7.85. The molecule has 0 aliphatic rings. The van der Waals surface area contributed by atoms with Gasteiger partial charge in [-0.05, 0) is 18.1 Å². The van der Waals surface area contributed by atoms with Crippen LogP contribution >= 0.6 is 0 Å². The monoisotopic (exact) mass is 214 g/mol. The summed E-state index contributed by atoms with van der Waals surface area (Å²) in [5, 5.41) is 17.1. The SMILES string of the molecule is N[C@H](CCO)c1cnc(C(=O)O)c(F)c1. The lowest BCUT2D eigenvalue weighted by Gasteiger charge is -2.10. The number of pyridine rings is 1. The van der Waals surface area contributed by atoms with Crippen LogP contribution in [0.15, 0.2) is 12.3 Å². The van der Waals surface area contributed by atoms with E-state index in [1.54, 1.807) is 0 Å². The number of hydrogen-bond acceptors (Lipinski definition) is 4. The topological polar surface area (TPSA) is 96.4 Å². The molecule has 0 bridgehead atoms. The highest BCUT2D eigenvalue weighted by Crippen LogP contribution is 2.15. The standard InChI is InChI=1S/C9H11FN2O3/c10-6-3-5(7(11)1-2-13)4-12-8(6)9(14)15/h3-4,7,13H,1-2,11H2,(H,14,15)/t7-/m1/s1. The Kier molecular flexibility index (Phi) is 3.70. The summed E-state index contributed by atoms with van der Waals surface area (Å²) >= 11 is 0. The van der Waals surface area contributed by atoms with E-state index < -0.39 is 23.5 Å². The lowest BCUT2D eigenvalue weighted by Crippen LogP contribution is -2.14. The second-order valence-electron chi connectivity index (χ2n) is 3.02. The van der Waals surface area contributed by atoms with E-state index in [4.69, 9.17) is 15.9 Å². The first-order valence-corrected chi connectivity index (χ1v) is 4.31. The molecule has 82 valence electrons. The van der Waals surface area contributed by atoms with Crippen molar-refractivity contribution in [2.24, 2.45) is 5.73 Å². The van der Waals surface area contributed by atoms with E-state index in [-0.39, 0.29) is 13.0 Å². The summed E-state index contributed by atoms with van der Waals surface area (Å²) in [5.74, 6) is -2.34. The third-order valence-corrected chi connectivity index (χ3v) is 1.93. The van der Waals surface area contributed by atoms with E-state index in [0.717, 1.165) is 6.07 Å². The van der Waals surface area contributed by atoms with Gasteiger partial charge in [-0.3, -0.25) is 0 Å². The van der Waals surface area contributed by atoms with Gasteiger partial charge in [-0.15, -0.1) is 0 Å². The number of carbonyl (C=O) groups is 1. The molecule has 4 N–H and O–H groups in total. The van der Waals surface area contributed by atoms with Crippen molar-refractivity contribution < 1.29 is 19.4 Å². The fraction of sp³-hybridized carbons (Fsp3) is 0.333. The minimum Gasteiger partial charge on any atom is -0.476 e. The van der Waals surface area contributed by atoms with Gasteiger partial charge in [0, 0.05) is 18.8 Å². The number of rotatable bonds is 4. The molecule has 0 spiro atoms. The van der Waals surface area contributed by atoms with Gasteiger partial charge in [0.1, 0.15) is 0 Å². The average Bonchev–Trinajstić information content (AvgIpc) is 2.17. The summed E-state index contributed by atoms with van der Waals surface area (Å²) in [6.45, 7) is -0.122. The summed E-state index contributed by atoms with van der Waals surface area (Å²) in [6.07, 6.45) is 1.47. The van der Waals surface area contributed by atoms with Crippen molar-refractivity contribution in [3.8, 4) is 0 Å². The zero-order valence-electron chi connectivity index (χ0n) is 7.85. The highest BCUT2D eigenvalue weighted by molar-refractivity contribution is 5.85. The van der Waals surface area contributed by atoms with Crippen molar-refractivity contribution in [3.63, 3.8) is 0 Å². The van der Waals surface area contributed by atoms with Crippen LogP contribution in [0.3, 0.4) is 0 Å². The highest BCUT2D eigenvalue weighted by Gasteiger charge is 2.14. The molecule has 1 atom stereocenters. The Bertz CT molecular complexity index is 370. The molecule has 0 fully saturated rings. The summed E-state index contributed by atoms with van der Waals surface area (Å²) in [4.78, 5) is 13.9. The minimum absolute atomic E-state index is 0.122. The van der Waals surface area contributed by atoms with E-state index in [1.165, 1.54) is 6.20 Å². The van der Waals surface area contributed by atoms with Crippen molar-refractivity contribution in [3.05, 3.63) is 29.3 Å². The number of aromatic nitrogens is 1. The first kappa shape index (κ1) is 11.5. The van der Waals surface area contributed by atoms with E-state index >= 15 is 0 Å². The number of aliphatic hydroxyl groups is 1. The number of hydrogen-bond donors (Lipinski definition) is 3. The molecule has 0 unspecified atom stereocenters. The third kappa shape index (κ3) is 2.71. The maximum absolute atomic E-state index is 13.1. The van der Waals surface area contributed by atoms with Gasteiger partial charge < -0.3 is 15.9 Å². The Morgan fingerprint density at radius 3 is 2.80 bits per heavy atom. The van der Waals surface area contributed by atoms with Crippen LogP contribution in [0, 0.1) is 5.82 Å². The van der Waals surface area contributed by atoms with E-state index in [0.29, 0.717) is 5.56 Å². The van der Waals surface area contributed by atoms with Crippen LogP contribution in [0.2, 0.25) is 0 Å². The van der Waals surface area contributed by atoms with Crippen LogP contribution in [0.5, 0.6) is 0 Å². The predicted octanol–water partition coefficient (Wildman–Crippen LogP) is 0.301. The molecule has 1 aromatic rings. The van der Waals surface area contributed by atoms with E-state index in [9.17, 15) is 9.18 Å². The van der Waals surface area contributed by atoms with Crippen molar-refractivity contribution in [1.29, 1.82) is 0 Å². The van der Waals surface area contributed by atoms with E-state index in [1.807, 2.05) is 0 Å². The number of halogens is 1. The molecule has 5 nitrogen and oxygen atoms in total. The molecule has 0 radical (unpaired) electrons. The van der Waals surface area contributed by atoms with Gasteiger partial charge in [0.25, 0.3) is 0 Å². The van der Waals surface area contributed by atoms with Crippen LogP contribution < -0.4 is 5.73 Å². The molecule has 0 amide bonds. The van der Waals surface area contributed by atoms with Crippen molar-refractivity contribution in [2.45, 2.75) is 12.5 Å². The molecular weight excluding hydrogens is 203 g/mol. The number of aliphatic hydroxyl groups excluding tert-OH is 1. The van der Waals surface area contributed by atoms with Gasteiger partial charge in [-0.2, -0.15) is 0 Å². The van der Waals surface area contributed by atoms with Gasteiger partial charge in [0.05, 0.1) is 0 Å². The van der Waals surface area contributed by atoms with Gasteiger partial charge in [-0.25, -0.2) is 14.2 Å². The van der Waals surface area contributed by atoms with Crippen LogP contribution in [-0.4, -0.2) is 27.8 Å². The molecule has 0 aliphatic heterocycles. The highest BCUT2D eigenvalue weighted by atomic mass is 19.1. The Balaban J connectivity index is 2.96. The molecule has 1 aromatic heterocycles. The molecule has 6 heteroatoms. The maximum Gasteiger partial charge on any atom is 0.357 e. The second kappa shape index (κ2) is 4.81. The Morgan fingerprint density at radius 2 is 2.33 bits per heavy atom. The van der Waals surface area contributed by atoms with Crippen LogP contribution in [0.4, 0.5) is 4.39 Å². The Hall–Kier alpha value is -1.53. The predicted molar refractivity (Wildman–Crippen MR) is 49.8 cm³/mol. The summed E-state index contributed by atoms with van der Waals surface area (Å²) in [5.41, 5.74) is 5.32. The summed E-state index contributed by atoms with van der Waals surface area (Å²) in [6, 6.07) is 0.483. The number of carboxylic acids is 1. The van der Waals surface area contributed by atoms with E-state index in [2.05, 4.69) is 4.98 Å². The fourth-order valence-corrected chi connectivity index (χ4v) is 1.12. The molecule has 0 aromatic carbocycles. The average molecular weight is 214 g/mol. The zero-order chi connectivity index (χ0) is 11.4. The maximum atomic E-state index is 13.1. The molecule has 0 aliphatic carbocycles. The minimum atomic E-state index is -1.42. The summed E-state index contributed by atoms with van der Waals surface area (Å²) in [7, 11) is 0. The van der Waals surface area contributed by atoms with Crippen molar-refractivity contribution in [2.75, 3.05) is 6.61 Å². The first-order chi connectivity index (χ1) is 7.06. The molecular formula is C9H11FN2O3. The smallest absolute Gasteiger partial charge is 0.357 e. The lowest BCUT2D eigenvalue weighted by atomic mass is 10.1. The van der Waals surface area contributed by atoms with Crippen molar-refractivity contribution >= 4 is 5.97 Å². The first-order valence-electron chi connectivity index (χ1n) is 4.31. The third-order valence-electron chi connectivity index (χ3n) is 1.93. The molecule has 0 saturated heterocycles. The number of nitrogens with two attached hydrogens (primary N) is 1. The molecule has 1 heterocycles. The molecule has 15 heavy (non-hydrogen) atoms. The number of aromatic carboxylic acids is 1. The largest absolute Gasteiger partial charge is 0.476 e. The number of nitrogens with zero attached hydrogens (tertiary/aromatic N) is 1. The lowest BCUT2D eigenvalue weighted by molar-refractivity contribution is 0.0685. The molecule has 1 rings (SSSR count).